The van der Waals surface area contributed by atoms with E-state index < -0.39 is 0 Å². The number of hydrogen-bond acceptors (Lipinski definition) is 4. The first-order valence-electron chi connectivity index (χ1n) is 11.2. The number of carbonyl (C=O) groups is 2. The second-order valence-electron chi connectivity index (χ2n) is 8.20. The highest BCUT2D eigenvalue weighted by Crippen LogP contribution is 2.20. The molecule has 1 aromatic heterocycles. The van der Waals surface area contributed by atoms with Crippen LogP contribution in [0.3, 0.4) is 0 Å². The molecule has 0 radical (unpaired) electrons. The van der Waals surface area contributed by atoms with Crippen molar-refractivity contribution in [2.45, 2.75) is 25.7 Å². The minimum atomic E-state index is -0.0734. The number of likely N-dealkylation sites (tertiary alicyclic amines) is 1. The molecule has 0 unspecified atom stereocenters. The number of aromatic nitrogens is 2. The Morgan fingerprint density at radius 3 is 2.53 bits per heavy atom. The first-order chi connectivity index (χ1) is 15.7. The molecule has 1 saturated heterocycles. The molecule has 6 nitrogen and oxygen atoms in total. The van der Waals surface area contributed by atoms with Gasteiger partial charge in [-0.2, -0.15) is 0 Å². The van der Waals surface area contributed by atoms with Crippen molar-refractivity contribution in [1.82, 2.24) is 20.2 Å². The summed E-state index contributed by atoms with van der Waals surface area (Å²) in [6, 6.07) is 17.8. The smallest absolute Gasteiger partial charge is 0.251 e. The van der Waals surface area contributed by atoms with Gasteiger partial charge in [0.05, 0.1) is 5.69 Å². The van der Waals surface area contributed by atoms with Crippen molar-refractivity contribution in [1.29, 1.82) is 0 Å². The molecule has 2 amide bonds. The topological polar surface area (TPSA) is 75.2 Å². The zero-order valence-electron chi connectivity index (χ0n) is 18.1. The summed E-state index contributed by atoms with van der Waals surface area (Å²) >= 11 is 0. The molecular weight excluding hydrogens is 400 g/mol. The van der Waals surface area contributed by atoms with Gasteiger partial charge in [0.1, 0.15) is 0 Å². The molecule has 4 rings (SSSR count). The molecule has 1 fully saturated rings. The standard InChI is InChI=1S/C26H28N4O2/c31-25(13-12-24-18-27-14-15-28-24)30-16-4-5-20(19-30)17-29-26(32)23-10-8-22(9-11-23)21-6-2-1-3-7-21/h1-3,6-11,14-15,18,20H,4-5,12-13,16-17,19H2,(H,29,32)/t20-/m1/s1. The summed E-state index contributed by atoms with van der Waals surface area (Å²) in [6.45, 7) is 2.05. The number of aryl methyl sites for hydroxylation is 1. The molecule has 0 spiro atoms. The van der Waals surface area contributed by atoms with Gasteiger partial charge in [0.2, 0.25) is 5.91 Å². The van der Waals surface area contributed by atoms with E-state index in [4.69, 9.17) is 0 Å². The van der Waals surface area contributed by atoms with Gasteiger partial charge in [-0.25, -0.2) is 0 Å². The van der Waals surface area contributed by atoms with Crippen molar-refractivity contribution in [3.05, 3.63) is 84.4 Å². The van der Waals surface area contributed by atoms with E-state index in [2.05, 4.69) is 27.4 Å². The third-order valence-corrected chi connectivity index (χ3v) is 5.89. The fourth-order valence-electron chi connectivity index (χ4n) is 4.09. The molecule has 32 heavy (non-hydrogen) atoms. The van der Waals surface area contributed by atoms with Crippen LogP contribution in [0.1, 0.15) is 35.3 Å². The van der Waals surface area contributed by atoms with Crippen LogP contribution in [0.25, 0.3) is 11.1 Å². The number of hydrogen-bond donors (Lipinski definition) is 1. The summed E-state index contributed by atoms with van der Waals surface area (Å²) in [6.07, 6.45) is 7.99. The van der Waals surface area contributed by atoms with E-state index in [0.717, 1.165) is 36.2 Å². The normalized spacial score (nSPS) is 15.9. The lowest BCUT2D eigenvalue weighted by Crippen LogP contribution is -2.43. The minimum absolute atomic E-state index is 0.0734. The van der Waals surface area contributed by atoms with Crippen LogP contribution in [0.5, 0.6) is 0 Å². The molecule has 3 aromatic rings. The van der Waals surface area contributed by atoms with Gasteiger partial charge in [-0.05, 0) is 48.4 Å². The van der Waals surface area contributed by atoms with Crippen LogP contribution in [0.15, 0.2) is 73.2 Å². The lowest BCUT2D eigenvalue weighted by atomic mass is 9.97. The van der Waals surface area contributed by atoms with E-state index in [1.165, 1.54) is 0 Å². The van der Waals surface area contributed by atoms with Crippen LogP contribution >= 0.6 is 0 Å². The van der Waals surface area contributed by atoms with Crippen molar-refractivity contribution in [3.63, 3.8) is 0 Å². The number of rotatable bonds is 7. The molecule has 2 aromatic carbocycles. The Morgan fingerprint density at radius 1 is 1.00 bits per heavy atom. The number of carbonyl (C=O) groups excluding carboxylic acids is 2. The Hall–Kier alpha value is -3.54. The van der Waals surface area contributed by atoms with Gasteiger partial charge in [-0.1, -0.05) is 42.5 Å². The third-order valence-electron chi connectivity index (χ3n) is 5.89. The maximum atomic E-state index is 12.6. The third kappa shape index (κ3) is 5.78. The highest BCUT2D eigenvalue weighted by atomic mass is 16.2. The summed E-state index contributed by atoms with van der Waals surface area (Å²) in [5.74, 6) is 0.343. The predicted molar refractivity (Wildman–Crippen MR) is 124 cm³/mol. The van der Waals surface area contributed by atoms with Crippen LogP contribution in [0, 0.1) is 5.92 Å². The number of amides is 2. The lowest BCUT2D eigenvalue weighted by molar-refractivity contribution is -0.132. The number of benzene rings is 2. The average molecular weight is 429 g/mol. The molecule has 1 atom stereocenters. The van der Waals surface area contributed by atoms with E-state index in [1.807, 2.05) is 47.4 Å². The molecule has 0 aliphatic carbocycles. The van der Waals surface area contributed by atoms with Crippen molar-refractivity contribution in [3.8, 4) is 11.1 Å². The predicted octanol–water partition coefficient (Wildman–Crippen LogP) is 3.74. The molecule has 1 N–H and O–H groups in total. The molecule has 1 aliphatic heterocycles. The molecule has 0 saturated carbocycles. The lowest BCUT2D eigenvalue weighted by Gasteiger charge is -2.33. The van der Waals surface area contributed by atoms with Gasteiger partial charge in [-0.15, -0.1) is 0 Å². The Kier molecular flexibility index (Phi) is 7.23. The summed E-state index contributed by atoms with van der Waals surface area (Å²) in [7, 11) is 0. The monoisotopic (exact) mass is 428 g/mol. The number of nitrogens with zero attached hydrogens (tertiary/aromatic N) is 3. The zero-order chi connectivity index (χ0) is 22.2. The SMILES string of the molecule is O=C(NC[C@H]1CCCN(C(=O)CCc2cnccn2)C1)c1ccc(-c2ccccc2)cc1. The van der Waals surface area contributed by atoms with E-state index >= 15 is 0 Å². The van der Waals surface area contributed by atoms with Crippen LogP contribution in [0.2, 0.25) is 0 Å². The molecule has 164 valence electrons. The van der Waals surface area contributed by atoms with Gasteiger partial charge in [-0.3, -0.25) is 19.6 Å². The minimum Gasteiger partial charge on any atom is -0.352 e. The summed E-state index contributed by atoms with van der Waals surface area (Å²) in [4.78, 5) is 35.4. The van der Waals surface area contributed by atoms with Gasteiger partial charge in [0.15, 0.2) is 0 Å². The van der Waals surface area contributed by atoms with Gasteiger partial charge in [0, 0.05) is 50.2 Å². The summed E-state index contributed by atoms with van der Waals surface area (Å²) in [5, 5.41) is 3.05. The fraction of sp³-hybridized carbons (Fsp3) is 0.308. The second-order valence-corrected chi connectivity index (χ2v) is 8.20. The van der Waals surface area contributed by atoms with E-state index in [-0.39, 0.29) is 17.7 Å². The van der Waals surface area contributed by atoms with Crippen LogP contribution in [-0.4, -0.2) is 46.3 Å². The van der Waals surface area contributed by atoms with Gasteiger partial charge >= 0.3 is 0 Å². The largest absolute Gasteiger partial charge is 0.352 e. The summed E-state index contributed by atoms with van der Waals surface area (Å²) < 4.78 is 0. The summed E-state index contributed by atoms with van der Waals surface area (Å²) in [5.41, 5.74) is 3.70. The average Bonchev–Trinajstić information content (AvgIpc) is 2.87. The van der Waals surface area contributed by atoms with Gasteiger partial charge < -0.3 is 10.2 Å². The molecule has 2 heterocycles. The zero-order valence-corrected chi connectivity index (χ0v) is 18.1. The fourth-order valence-corrected chi connectivity index (χ4v) is 4.09. The molecular formula is C26H28N4O2. The van der Waals surface area contributed by atoms with Gasteiger partial charge in [0.25, 0.3) is 5.91 Å². The molecule has 1 aliphatic rings. The van der Waals surface area contributed by atoms with Crippen molar-refractivity contribution in [2.75, 3.05) is 19.6 Å². The first kappa shape index (κ1) is 21.7. The second kappa shape index (κ2) is 10.7. The van der Waals surface area contributed by atoms with Crippen LogP contribution in [0.4, 0.5) is 0 Å². The Bertz CT molecular complexity index is 1020. The highest BCUT2D eigenvalue weighted by molar-refractivity contribution is 5.94. The van der Waals surface area contributed by atoms with E-state index in [0.29, 0.717) is 31.5 Å². The highest BCUT2D eigenvalue weighted by Gasteiger charge is 2.24. The van der Waals surface area contributed by atoms with E-state index in [9.17, 15) is 9.59 Å². The number of nitrogens with one attached hydrogen (secondary N) is 1. The van der Waals surface area contributed by atoms with Crippen LogP contribution < -0.4 is 5.32 Å². The van der Waals surface area contributed by atoms with Crippen molar-refractivity contribution < 1.29 is 9.59 Å². The Balaban J connectivity index is 1.25. The molecule has 6 heteroatoms. The van der Waals surface area contributed by atoms with Crippen LogP contribution in [-0.2, 0) is 11.2 Å². The Labute approximate surface area is 188 Å². The quantitative estimate of drug-likeness (QED) is 0.622. The van der Waals surface area contributed by atoms with Crippen molar-refractivity contribution in [2.24, 2.45) is 5.92 Å². The number of piperidine rings is 1. The molecule has 0 bridgehead atoms. The Morgan fingerprint density at radius 2 is 1.78 bits per heavy atom. The maximum absolute atomic E-state index is 12.6. The van der Waals surface area contributed by atoms with E-state index in [1.54, 1.807) is 18.6 Å². The maximum Gasteiger partial charge on any atom is 0.251 e. The van der Waals surface area contributed by atoms with Crippen molar-refractivity contribution >= 4 is 11.8 Å². The first-order valence-corrected chi connectivity index (χ1v) is 11.2.